The predicted molar refractivity (Wildman–Crippen MR) is 75.8 cm³/mol. The van der Waals surface area contributed by atoms with Crippen molar-refractivity contribution in [2.24, 2.45) is 5.73 Å². The number of para-hydroxylation sites is 1. The van der Waals surface area contributed by atoms with Crippen molar-refractivity contribution in [3.63, 3.8) is 0 Å². The van der Waals surface area contributed by atoms with Crippen LogP contribution in [0.2, 0.25) is 0 Å². The second-order valence-corrected chi connectivity index (χ2v) is 5.00. The summed E-state index contributed by atoms with van der Waals surface area (Å²) in [5.41, 5.74) is 6.98. The van der Waals surface area contributed by atoms with Crippen LogP contribution in [0.5, 0.6) is 0 Å². The van der Waals surface area contributed by atoms with Gasteiger partial charge in [-0.25, -0.2) is 0 Å². The summed E-state index contributed by atoms with van der Waals surface area (Å²) < 4.78 is 0. The maximum absolute atomic E-state index is 12.3. The summed E-state index contributed by atoms with van der Waals surface area (Å²) in [4.78, 5) is 14.6. The van der Waals surface area contributed by atoms with E-state index in [0.29, 0.717) is 11.3 Å². The Morgan fingerprint density at radius 1 is 1.37 bits per heavy atom. The Morgan fingerprint density at radius 3 is 2.74 bits per heavy atom. The van der Waals surface area contributed by atoms with Crippen LogP contribution in [0, 0.1) is 11.3 Å². The quantitative estimate of drug-likeness (QED) is 0.931. The number of benzene rings is 1. The first-order valence-corrected chi connectivity index (χ1v) is 6.59. The number of rotatable bonds is 3. The van der Waals surface area contributed by atoms with Crippen LogP contribution in [0.15, 0.2) is 41.8 Å². The van der Waals surface area contributed by atoms with Crippen LogP contribution in [0.4, 0.5) is 5.69 Å². The number of carbonyl (C=O) groups is 1. The number of amides is 1. The zero-order valence-electron chi connectivity index (χ0n) is 10.4. The van der Waals surface area contributed by atoms with Gasteiger partial charge in [-0.3, -0.25) is 4.79 Å². The normalized spacial score (nSPS) is 11.6. The summed E-state index contributed by atoms with van der Waals surface area (Å²) in [6.45, 7) is 0. The van der Waals surface area contributed by atoms with Crippen LogP contribution in [0.1, 0.15) is 16.5 Å². The van der Waals surface area contributed by atoms with Crippen LogP contribution in [-0.2, 0) is 4.79 Å². The van der Waals surface area contributed by atoms with Crippen LogP contribution in [0.25, 0.3) is 0 Å². The van der Waals surface area contributed by atoms with Gasteiger partial charge in [0.15, 0.2) is 0 Å². The van der Waals surface area contributed by atoms with Crippen molar-refractivity contribution in [1.29, 1.82) is 5.26 Å². The van der Waals surface area contributed by atoms with Crippen LogP contribution >= 0.6 is 11.3 Å². The van der Waals surface area contributed by atoms with Crippen molar-refractivity contribution in [2.45, 2.75) is 6.04 Å². The molecule has 0 radical (unpaired) electrons. The minimum atomic E-state index is -0.697. The number of anilines is 1. The summed E-state index contributed by atoms with van der Waals surface area (Å²) in [7, 11) is 1.63. The number of carbonyl (C=O) groups excluding carboxylic acids is 1. The van der Waals surface area contributed by atoms with Gasteiger partial charge in [0.05, 0.1) is 11.3 Å². The minimum absolute atomic E-state index is 0.231. The number of nitriles is 1. The zero-order chi connectivity index (χ0) is 13.8. The fourth-order valence-corrected chi connectivity index (χ4v) is 2.50. The molecule has 1 amide bonds. The molecule has 0 aliphatic rings. The lowest BCUT2D eigenvalue weighted by Crippen LogP contribution is -2.35. The Balaban J connectivity index is 2.27. The molecule has 19 heavy (non-hydrogen) atoms. The fourth-order valence-electron chi connectivity index (χ4n) is 1.78. The van der Waals surface area contributed by atoms with Crippen LogP contribution in [-0.4, -0.2) is 13.0 Å². The molecule has 1 aromatic carbocycles. The smallest absolute Gasteiger partial charge is 0.249 e. The molecule has 5 heteroatoms. The zero-order valence-corrected chi connectivity index (χ0v) is 11.2. The molecule has 2 rings (SSSR count). The minimum Gasteiger partial charge on any atom is -0.316 e. The molecule has 0 aliphatic heterocycles. The molecular weight excluding hydrogens is 258 g/mol. The van der Waals surface area contributed by atoms with E-state index < -0.39 is 6.04 Å². The van der Waals surface area contributed by atoms with E-state index in [1.165, 1.54) is 16.2 Å². The second-order valence-electron chi connectivity index (χ2n) is 4.02. The molecule has 1 atom stereocenters. The van der Waals surface area contributed by atoms with Crippen molar-refractivity contribution in [2.75, 3.05) is 11.9 Å². The molecule has 0 saturated heterocycles. The summed E-state index contributed by atoms with van der Waals surface area (Å²) in [5.74, 6) is -0.231. The van der Waals surface area contributed by atoms with Gasteiger partial charge in [-0.15, -0.1) is 11.3 Å². The summed E-state index contributed by atoms with van der Waals surface area (Å²) >= 11 is 1.44. The molecule has 0 spiro atoms. The Hall–Kier alpha value is -2.16. The van der Waals surface area contributed by atoms with Crippen LogP contribution in [0.3, 0.4) is 0 Å². The van der Waals surface area contributed by atoms with E-state index in [1.807, 2.05) is 17.5 Å². The lowest BCUT2D eigenvalue weighted by molar-refractivity contribution is -0.119. The Labute approximate surface area is 115 Å². The Morgan fingerprint density at radius 2 is 2.11 bits per heavy atom. The van der Waals surface area contributed by atoms with Gasteiger partial charge in [-0.1, -0.05) is 18.2 Å². The Bertz CT molecular complexity index is 616. The molecule has 0 aliphatic carbocycles. The SMILES string of the molecule is CN(C(=O)C(N)c1cccs1)c1ccccc1C#N. The number of likely N-dealkylation sites (N-methyl/N-ethyl adjacent to an activating group) is 1. The monoisotopic (exact) mass is 271 g/mol. The van der Waals surface area contributed by atoms with Crippen molar-refractivity contribution in [3.05, 3.63) is 52.2 Å². The average Bonchev–Trinajstić information content (AvgIpc) is 2.99. The predicted octanol–water partition coefficient (Wildman–Crippen LogP) is 2.28. The lowest BCUT2D eigenvalue weighted by atomic mass is 10.1. The van der Waals surface area contributed by atoms with Gasteiger partial charge in [0.25, 0.3) is 0 Å². The average molecular weight is 271 g/mol. The van der Waals surface area contributed by atoms with Gasteiger partial charge in [-0.05, 0) is 23.6 Å². The molecule has 1 unspecified atom stereocenters. The molecule has 0 saturated carbocycles. The molecule has 1 aromatic heterocycles. The highest BCUT2D eigenvalue weighted by atomic mass is 32.1. The molecule has 96 valence electrons. The molecule has 2 N–H and O–H groups in total. The maximum Gasteiger partial charge on any atom is 0.249 e. The number of thiophene rings is 1. The van der Waals surface area contributed by atoms with Gasteiger partial charge in [0.2, 0.25) is 5.91 Å². The standard InChI is InChI=1S/C14H13N3OS/c1-17(11-6-3-2-5-10(11)9-15)14(18)13(16)12-7-4-8-19-12/h2-8,13H,16H2,1H3. The molecular formula is C14H13N3OS. The number of nitrogens with zero attached hydrogens (tertiary/aromatic N) is 2. The van der Waals surface area contributed by atoms with Gasteiger partial charge in [0, 0.05) is 11.9 Å². The highest BCUT2D eigenvalue weighted by Gasteiger charge is 2.22. The third-order valence-corrected chi connectivity index (χ3v) is 3.79. The van der Waals surface area contributed by atoms with E-state index >= 15 is 0 Å². The van der Waals surface area contributed by atoms with Gasteiger partial charge in [0.1, 0.15) is 12.1 Å². The second kappa shape index (κ2) is 5.65. The van der Waals surface area contributed by atoms with Crippen LogP contribution < -0.4 is 10.6 Å². The van der Waals surface area contributed by atoms with E-state index in [4.69, 9.17) is 11.0 Å². The third-order valence-electron chi connectivity index (χ3n) is 2.83. The van der Waals surface area contributed by atoms with E-state index in [9.17, 15) is 4.79 Å². The van der Waals surface area contributed by atoms with Crippen molar-refractivity contribution >= 4 is 22.9 Å². The number of hydrogen-bond donors (Lipinski definition) is 1. The van der Waals surface area contributed by atoms with Gasteiger partial charge in [-0.2, -0.15) is 5.26 Å². The van der Waals surface area contributed by atoms with Gasteiger partial charge >= 0.3 is 0 Å². The summed E-state index contributed by atoms with van der Waals surface area (Å²) in [6.07, 6.45) is 0. The fraction of sp³-hybridized carbons (Fsp3) is 0.143. The van der Waals surface area contributed by atoms with E-state index in [2.05, 4.69) is 6.07 Å². The first-order chi connectivity index (χ1) is 9.15. The van der Waals surface area contributed by atoms with Crippen molar-refractivity contribution in [3.8, 4) is 6.07 Å². The topological polar surface area (TPSA) is 70.1 Å². The highest BCUT2D eigenvalue weighted by Crippen LogP contribution is 2.23. The molecule has 4 nitrogen and oxygen atoms in total. The van der Waals surface area contributed by atoms with E-state index in [0.717, 1.165) is 4.88 Å². The molecule has 2 aromatic rings. The summed E-state index contributed by atoms with van der Waals surface area (Å²) in [5, 5.41) is 10.9. The van der Waals surface area contributed by atoms with E-state index in [-0.39, 0.29) is 5.91 Å². The number of hydrogen-bond acceptors (Lipinski definition) is 4. The van der Waals surface area contributed by atoms with Crippen molar-refractivity contribution in [1.82, 2.24) is 0 Å². The van der Waals surface area contributed by atoms with Gasteiger partial charge < -0.3 is 10.6 Å². The first kappa shape index (κ1) is 13.3. The highest BCUT2D eigenvalue weighted by molar-refractivity contribution is 7.10. The molecule has 0 fully saturated rings. The Kier molecular flexibility index (Phi) is 3.95. The maximum atomic E-state index is 12.3. The summed E-state index contributed by atoms with van der Waals surface area (Å²) in [6, 6.07) is 12.0. The third kappa shape index (κ3) is 2.65. The largest absolute Gasteiger partial charge is 0.316 e. The lowest BCUT2D eigenvalue weighted by Gasteiger charge is -2.21. The first-order valence-electron chi connectivity index (χ1n) is 5.71. The van der Waals surface area contributed by atoms with Crippen molar-refractivity contribution < 1.29 is 4.79 Å². The molecule has 1 heterocycles. The van der Waals surface area contributed by atoms with E-state index in [1.54, 1.807) is 31.3 Å². The molecule has 0 bridgehead atoms. The number of nitrogens with two attached hydrogens (primary N) is 1.